The van der Waals surface area contributed by atoms with E-state index >= 15 is 0 Å². The first kappa shape index (κ1) is 14.7. The molecular formula is C14H11F3N2O2. The fraction of sp³-hybridized carbons (Fsp3) is 0.0714. The number of carbonyl (C=O) groups is 1. The van der Waals surface area contributed by atoms with E-state index in [1.54, 1.807) is 0 Å². The summed E-state index contributed by atoms with van der Waals surface area (Å²) in [6.45, 7) is -2.94. The molecular weight excluding hydrogens is 285 g/mol. The molecule has 0 aliphatic rings. The summed E-state index contributed by atoms with van der Waals surface area (Å²) in [6.07, 6.45) is 0. The molecule has 0 atom stereocenters. The average Bonchev–Trinajstić information content (AvgIpc) is 2.37. The van der Waals surface area contributed by atoms with Gasteiger partial charge in [0.25, 0.3) is 0 Å². The van der Waals surface area contributed by atoms with Gasteiger partial charge in [-0.3, -0.25) is 0 Å². The Bertz CT molecular complexity index is 635. The first-order valence-corrected chi connectivity index (χ1v) is 5.91. The van der Waals surface area contributed by atoms with Crippen molar-refractivity contribution >= 4 is 17.4 Å². The second kappa shape index (κ2) is 6.65. The van der Waals surface area contributed by atoms with Gasteiger partial charge in [0.05, 0.1) is 0 Å². The van der Waals surface area contributed by atoms with Gasteiger partial charge in [-0.2, -0.15) is 8.78 Å². The molecule has 2 aromatic rings. The predicted octanol–water partition coefficient (Wildman–Crippen LogP) is 4.07. The molecule has 2 amide bonds. The lowest BCUT2D eigenvalue weighted by Crippen LogP contribution is -2.19. The fourth-order valence-electron chi connectivity index (χ4n) is 1.61. The maximum atomic E-state index is 13.0. The van der Waals surface area contributed by atoms with Gasteiger partial charge in [0.15, 0.2) is 0 Å². The lowest BCUT2D eigenvalue weighted by atomic mass is 10.3. The lowest BCUT2D eigenvalue weighted by molar-refractivity contribution is -0.0497. The van der Waals surface area contributed by atoms with Crippen molar-refractivity contribution in [3.8, 4) is 5.75 Å². The van der Waals surface area contributed by atoms with Crippen LogP contribution >= 0.6 is 0 Å². The number of hydrogen-bond donors (Lipinski definition) is 2. The van der Waals surface area contributed by atoms with E-state index in [1.807, 2.05) is 0 Å². The van der Waals surface area contributed by atoms with Crippen LogP contribution in [0.2, 0.25) is 0 Å². The third-order valence-corrected chi connectivity index (χ3v) is 2.40. The van der Waals surface area contributed by atoms with Crippen molar-refractivity contribution in [3.63, 3.8) is 0 Å². The number of rotatable bonds is 4. The molecule has 7 heteroatoms. The van der Waals surface area contributed by atoms with Crippen LogP contribution in [-0.2, 0) is 0 Å². The van der Waals surface area contributed by atoms with Gasteiger partial charge in [-0.25, -0.2) is 9.18 Å². The van der Waals surface area contributed by atoms with E-state index in [2.05, 4.69) is 15.4 Å². The Morgan fingerprint density at radius 3 is 2.24 bits per heavy atom. The monoisotopic (exact) mass is 296 g/mol. The molecule has 4 nitrogen and oxygen atoms in total. The number of anilines is 2. The molecule has 0 heterocycles. The Morgan fingerprint density at radius 2 is 1.62 bits per heavy atom. The molecule has 2 aromatic carbocycles. The lowest BCUT2D eigenvalue weighted by Gasteiger charge is -2.09. The maximum Gasteiger partial charge on any atom is 0.387 e. The van der Waals surface area contributed by atoms with E-state index < -0.39 is 18.5 Å². The first-order valence-electron chi connectivity index (χ1n) is 5.91. The van der Waals surface area contributed by atoms with Crippen LogP contribution in [0.1, 0.15) is 0 Å². The minimum absolute atomic E-state index is 0.0754. The Morgan fingerprint density at radius 1 is 1.00 bits per heavy atom. The van der Waals surface area contributed by atoms with Crippen molar-refractivity contribution in [1.29, 1.82) is 0 Å². The zero-order chi connectivity index (χ0) is 15.2. The molecule has 0 aliphatic carbocycles. The van der Waals surface area contributed by atoms with E-state index in [0.29, 0.717) is 0 Å². The quantitative estimate of drug-likeness (QED) is 0.893. The number of nitrogens with one attached hydrogen (secondary N) is 2. The number of urea groups is 1. The summed E-state index contributed by atoms with van der Waals surface area (Å²) in [4.78, 5) is 11.7. The van der Waals surface area contributed by atoms with E-state index in [-0.39, 0.29) is 17.1 Å². The topological polar surface area (TPSA) is 50.4 Å². The highest BCUT2D eigenvalue weighted by molar-refractivity contribution is 5.99. The highest BCUT2D eigenvalue weighted by Gasteiger charge is 2.07. The zero-order valence-electron chi connectivity index (χ0n) is 10.6. The molecule has 0 spiro atoms. The van der Waals surface area contributed by atoms with Gasteiger partial charge in [0.1, 0.15) is 11.6 Å². The highest BCUT2D eigenvalue weighted by Crippen LogP contribution is 2.19. The van der Waals surface area contributed by atoms with Gasteiger partial charge in [0.2, 0.25) is 0 Å². The number of hydrogen-bond acceptors (Lipinski definition) is 2. The van der Waals surface area contributed by atoms with Crippen molar-refractivity contribution < 1.29 is 22.7 Å². The van der Waals surface area contributed by atoms with Gasteiger partial charge >= 0.3 is 12.6 Å². The predicted molar refractivity (Wildman–Crippen MR) is 72.1 cm³/mol. The normalized spacial score (nSPS) is 10.3. The summed E-state index contributed by atoms with van der Waals surface area (Å²) in [5.41, 5.74) is 0.537. The largest absolute Gasteiger partial charge is 0.435 e. The summed E-state index contributed by atoms with van der Waals surface area (Å²) < 4.78 is 41.3. The fourth-order valence-corrected chi connectivity index (χ4v) is 1.61. The molecule has 2 rings (SSSR count). The van der Waals surface area contributed by atoms with E-state index in [0.717, 1.165) is 6.07 Å². The molecule has 0 bridgehead atoms. The molecule has 21 heavy (non-hydrogen) atoms. The molecule has 2 N–H and O–H groups in total. The molecule has 0 saturated heterocycles. The van der Waals surface area contributed by atoms with E-state index in [9.17, 15) is 18.0 Å². The molecule has 0 fully saturated rings. The smallest absolute Gasteiger partial charge is 0.387 e. The van der Waals surface area contributed by atoms with Crippen LogP contribution < -0.4 is 15.4 Å². The Labute approximate surface area is 118 Å². The minimum Gasteiger partial charge on any atom is -0.435 e. The maximum absolute atomic E-state index is 13.0. The molecule has 0 radical (unpaired) electrons. The summed E-state index contributed by atoms with van der Waals surface area (Å²) in [5, 5.41) is 4.84. The van der Waals surface area contributed by atoms with Crippen LogP contribution in [0.3, 0.4) is 0 Å². The second-order valence-electron chi connectivity index (χ2n) is 4.00. The highest BCUT2D eigenvalue weighted by atomic mass is 19.3. The van der Waals surface area contributed by atoms with Crippen LogP contribution in [0.25, 0.3) is 0 Å². The number of halogens is 3. The number of benzene rings is 2. The standard InChI is InChI=1S/C14H11F3N2O2/c15-9-3-1-4-10(7-9)18-14(20)19-11-5-2-6-12(8-11)21-13(16)17/h1-8,13H,(H2,18,19,20). The van der Waals surface area contributed by atoms with Crippen molar-refractivity contribution in [1.82, 2.24) is 0 Å². The Hall–Kier alpha value is -2.70. The SMILES string of the molecule is O=C(Nc1cccc(F)c1)Nc1cccc(OC(F)F)c1. The van der Waals surface area contributed by atoms with Crippen LogP contribution in [0.15, 0.2) is 48.5 Å². The number of carbonyl (C=O) groups excluding carboxylic acids is 1. The molecule has 0 unspecified atom stereocenters. The second-order valence-corrected chi connectivity index (χ2v) is 4.00. The number of amides is 2. The Kier molecular flexibility index (Phi) is 4.65. The van der Waals surface area contributed by atoms with Crippen molar-refractivity contribution in [2.24, 2.45) is 0 Å². The Balaban J connectivity index is 1.99. The molecule has 0 saturated carbocycles. The van der Waals surface area contributed by atoms with Gasteiger partial charge in [0, 0.05) is 17.4 Å². The zero-order valence-corrected chi connectivity index (χ0v) is 10.6. The third-order valence-electron chi connectivity index (χ3n) is 2.40. The van der Waals surface area contributed by atoms with Gasteiger partial charge < -0.3 is 15.4 Å². The summed E-state index contributed by atoms with van der Waals surface area (Å²) in [5.74, 6) is -0.561. The van der Waals surface area contributed by atoms with Gasteiger partial charge in [-0.15, -0.1) is 0 Å². The molecule has 0 aromatic heterocycles. The van der Waals surface area contributed by atoms with Crippen molar-refractivity contribution in [3.05, 3.63) is 54.3 Å². The van der Waals surface area contributed by atoms with E-state index in [1.165, 1.54) is 42.5 Å². The van der Waals surface area contributed by atoms with Crippen LogP contribution in [0, 0.1) is 5.82 Å². The number of alkyl halides is 2. The van der Waals surface area contributed by atoms with Crippen LogP contribution in [-0.4, -0.2) is 12.6 Å². The van der Waals surface area contributed by atoms with Gasteiger partial charge in [-0.1, -0.05) is 12.1 Å². The van der Waals surface area contributed by atoms with Crippen LogP contribution in [0.5, 0.6) is 5.75 Å². The van der Waals surface area contributed by atoms with Crippen LogP contribution in [0.4, 0.5) is 29.3 Å². The molecule has 110 valence electrons. The number of ether oxygens (including phenoxy) is 1. The summed E-state index contributed by atoms with van der Waals surface area (Å²) in [7, 11) is 0. The summed E-state index contributed by atoms with van der Waals surface area (Å²) >= 11 is 0. The van der Waals surface area contributed by atoms with Crippen molar-refractivity contribution in [2.45, 2.75) is 6.61 Å². The van der Waals surface area contributed by atoms with Gasteiger partial charge in [-0.05, 0) is 30.3 Å². The molecule has 0 aliphatic heterocycles. The third kappa shape index (κ3) is 4.72. The van der Waals surface area contributed by atoms with Crippen molar-refractivity contribution in [2.75, 3.05) is 10.6 Å². The van der Waals surface area contributed by atoms with E-state index in [4.69, 9.17) is 0 Å². The summed E-state index contributed by atoms with van der Waals surface area (Å²) in [6, 6.07) is 10.3. The minimum atomic E-state index is -2.94. The first-order chi connectivity index (χ1) is 10.0. The average molecular weight is 296 g/mol.